The molecule has 0 spiro atoms. The molecule has 3 aromatic rings. The Morgan fingerprint density at radius 3 is 2.09 bits per heavy atom. The van der Waals surface area contributed by atoms with Crippen molar-refractivity contribution in [2.24, 2.45) is 0 Å². The molecule has 0 N–H and O–H groups in total. The molecular weight excluding hydrogens is 412 g/mol. The van der Waals surface area contributed by atoms with E-state index in [2.05, 4.69) is 4.98 Å². The number of rotatable bonds is 6. The Balaban J connectivity index is 1.60. The zero-order valence-electron chi connectivity index (χ0n) is 17.9. The van der Waals surface area contributed by atoms with Gasteiger partial charge in [0.05, 0.1) is 18.4 Å². The van der Waals surface area contributed by atoms with Crippen LogP contribution in [0.25, 0.3) is 0 Å². The van der Waals surface area contributed by atoms with Gasteiger partial charge in [-0.1, -0.05) is 30.3 Å². The first-order valence-corrected chi connectivity index (χ1v) is 10.6. The Bertz CT molecular complexity index is 1040. The van der Waals surface area contributed by atoms with Gasteiger partial charge in [-0.05, 0) is 60.4 Å². The van der Waals surface area contributed by atoms with E-state index in [0.717, 1.165) is 16.8 Å². The Morgan fingerprint density at radius 1 is 0.906 bits per heavy atom. The minimum Gasteiger partial charge on any atom is -0.487 e. The molecule has 6 heteroatoms. The van der Waals surface area contributed by atoms with Crippen LogP contribution in [-0.4, -0.2) is 24.0 Å². The molecule has 166 valence electrons. The summed E-state index contributed by atoms with van der Waals surface area (Å²) in [7, 11) is 1.33. The number of benzene rings is 2. The van der Waals surface area contributed by atoms with Crippen molar-refractivity contribution >= 4 is 5.97 Å². The minimum atomic E-state index is -2.65. The molecular formula is C26H25F2NO3. The molecule has 1 aromatic heterocycles. The predicted molar refractivity (Wildman–Crippen MR) is 117 cm³/mol. The van der Waals surface area contributed by atoms with E-state index in [4.69, 9.17) is 9.47 Å². The highest BCUT2D eigenvalue weighted by Gasteiger charge is 2.45. The number of aromatic nitrogens is 1. The highest BCUT2D eigenvalue weighted by Crippen LogP contribution is 2.49. The molecule has 1 saturated carbocycles. The van der Waals surface area contributed by atoms with Crippen LogP contribution in [-0.2, 0) is 16.8 Å². The number of nitrogens with zero attached hydrogens (tertiary/aromatic N) is 1. The lowest BCUT2D eigenvalue weighted by Gasteiger charge is -2.41. The molecule has 1 heterocycles. The second kappa shape index (κ2) is 9.07. The number of ether oxygens (including phenoxy) is 2. The molecule has 1 aliphatic rings. The SMILES string of the molecule is COC(=O)c1ccc(C2(c3ccc(OCc4ccccn4)cc3)CCC(F)(F)CC2)cc1. The average molecular weight is 437 g/mol. The molecule has 0 amide bonds. The van der Waals surface area contributed by atoms with Crippen LogP contribution in [0.4, 0.5) is 8.78 Å². The van der Waals surface area contributed by atoms with Crippen molar-refractivity contribution in [1.29, 1.82) is 0 Å². The van der Waals surface area contributed by atoms with Crippen LogP contribution in [0.5, 0.6) is 5.75 Å². The number of alkyl halides is 2. The number of carbonyl (C=O) groups excluding carboxylic acids is 1. The summed E-state index contributed by atoms with van der Waals surface area (Å²) in [4.78, 5) is 16.0. The predicted octanol–water partition coefficient (Wildman–Crippen LogP) is 5.94. The maximum absolute atomic E-state index is 14.0. The van der Waals surface area contributed by atoms with Crippen LogP contribution >= 0.6 is 0 Å². The molecule has 0 saturated heterocycles. The maximum atomic E-state index is 14.0. The number of esters is 1. The van der Waals surface area contributed by atoms with Crippen LogP contribution < -0.4 is 4.74 Å². The fourth-order valence-electron chi connectivity index (χ4n) is 4.34. The highest BCUT2D eigenvalue weighted by atomic mass is 19.3. The molecule has 32 heavy (non-hydrogen) atoms. The molecule has 0 atom stereocenters. The molecule has 2 aromatic carbocycles. The van der Waals surface area contributed by atoms with Gasteiger partial charge in [-0.2, -0.15) is 0 Å². The fraction of sp³-hybridized carbons (Fsp3) is 0.308. The monoisotopic (exact) mass is 437 g/mol. The molecule has 0 bridgehead atoms. The summed E-state index contributed by atoms with van der Waals surface area (Å²) >= 11 is 0. The van der Waals surface area contributed by atoms with E-state index >= 15 is 0 Å². The number of hydrogen-bond donors (Lipinski definition) is 0. The second-order valence-electron chi connectivity index (χ2n) is 8.14. The lowest BCUT2D eigenvalue weighted by atomic mass is 9.64. The summed E-state index contributed by atoms with van der Waals surface area (Å²) < 4.78 is 38.7. The number of halogens is 2. The van der Waals surface area contributed by atoms with Crippen molar-refractivity contribution in [1.82, 2.24) is 4.98 Å². The molecule has 0 unspecified atom stereocenters. The quantitative estimate of drug-likeness (QED) is 0.448. The van der Waals surface area contributed by atoms with Gasteiger partial charge in [-0.15, -0.1) is 0 Å². The summed E-state index contributed by atoms with van der Waals surface area (Å²) in [5.74, 6) is -2.38. The van der Waals surface area contributed by atoms with Gasteiger partial charge in [0.25, 0.3) is 0 Å². The fourth-order valence-corrected chi connectivity index (χ4v) is 4.34. The summed E-state index contributed by atoms with van der Waals surface area (Å²) in [6.07, 6.45) is 2.01. The van der Waals surface area contributed by atoms with Crippen LogP contribution in [0.15, 0.2) is 72.9 Å². The third-order valence-electron chi connectivity index (χ3n) is 6.21. The Morgan fingerprint density at radius 2 is 1.53 bits per heavy atom. The van der Waals surface area contributed by atoms with E-state index < -0.39 is 17.3 Å². The van der Waals surface area contributed by atoms with E-state index in [1.807, 2.05) is 54.6 Å². The topological polar surface area (TPSA) is 48.4 Å². The zero-order chi connectivity index (χ0) is 22.6. The Kier molecular flexibility index (Phi) is 6.21. The van der Waals surface area contributed by atoms with Gasteiger partial charge >= 0.3 is 5.97 Å². The second-order valence-corrected chi connectivity index (χ2v) is 8.14. The lowest BCUT2D eigenvalue weighted by molar-refractivity contribution is -0.0470. The van der Waals surface area contributed by atoms with Crippen molar-refractivity contribution in [3.05, 3.63) is 95.3 Å². The van der Waals surface area contributed by atoms with Crippen molar-refractivity contribution in [2.45, 2.75) is 43.6 Å². The van der Waals surface area contributed by atoms with Gasteiger partial charge < -0.3 is 9.47 Å². The summed E-state index contributed by atoms with van der Waals surface area (Å²) in [5.41, 5.74) is 2.60. The average Bonchev–Trinajstić information content (AvgIpc) is 2.84. The Hall–Kier alpha value is -3.28. The standard InChI is InChI=1S/C26H25F2NO3/c1-31-24(30)19-5-7-20(8-6-19)25(13-15-26(27,28)16-14-25)21-9-11-23(12-10-21)32-18-22-4-2-3-17-29-22/h2-12,17H,13-16,18H2,1H3. The normalized spacial score (nSPS) is 16.8. The zero-order valence-corrected chi connectivity index (χ0v) is 17.9. The first-order valence-electron chi connectivity index (χ1n) is 10.6. The molecule has 4 nitrogen and oxygen atoms in total. The third-order valence-corrected chi connectivity index (χ3v) is 6.21. The van der Waals surface area contributed by atoms with Gasteiger partial charge in [0.15, 0.2) is 0 Å². The smallest absolute Gasteiger partial charge is 0.337 e. The minimum absolute atomic E-state index is 0.177. The molecule has 0 radical (unpaired) electrons. The van der Waals surface area contributed by atoms with Crippen molar-refractivity contribution in [2.75, 3.05) is 7.11 Å². The highest BCUT2D eigenvalue weighted by molar-refractivity contribution is 5.89. The van der Waals surface area contributed by atoms with E-state index in [1.54, 1.807) is 18.3 Å². The van der Waals surface area contributed by atoms with Crippen molar-refractivity contribution in [3.63, 3.8) is 0 Å². The number of hydrogen-bond acceptors (Lipinski definition) is 4. The molecule has 1 fully saturated rings. The van der Waals surface area contributed by atoms with Crippen LogP contribution in [0.2, 0.25) is 0 Å². The molecule has 4 rings (SSSR count). The van der Waals surface area contributed by atoms with E-state index in [9.17, 15) is 13.6 Å². The van der Waals surface area contributed by atoms with Crippen LogP contribution in [0.1, 0.15) is 52.9 Å². The summed E-state index contributed by atoms with van der Waals surface area (Å²) in [5, 5.41) is 0. The maximum Gasteiger partial charge on any atom is 0.337 e. The number of methoxy groups -OCH3 is 1. The Labute approximate surface area is 186 Å². The van der Waals surface area contributed by atoms with Gasteiger partial charge in [-0.3, -0.25) is 4.98 Å². The van der Waals surface area contributed by atoms with E-state index in [1.165, 1.54) is 7.11 Å². The van der Waals surface area contributed by atoms with Gasteiger partial charge in [0.2, 0.25) is 5.92 Å². The largest absolute Gasteiger partial charge is 0.487 e. The number of carbonyl (C=O) groups is 1. The summed E-state index contributed by atoms with van der Waals surface area (Å²) in [6.45, 7) is 0.354. The third kappa shape index (κ3) is 4.64. The van der Waals surface area contributed by atoms with E-state index in [-0.39, 0.29) is 12.8 Å². The lowest BCUT2D eigenvalue weighted by Crippen LogP contribution is -2.37. The molecule has 0 aliphatic heterocycles. The molecule has 1 aliphatic carbocycles. The number of pyridine rings is 1. The van der Waals surface area contributed by atoms with Crippen LogP contribution in [0.3, 0.4) is 0 Å². The first-order chi connectivity index (χ1) is 15.4. The van der Waals surface area contributed by atoms with Gasteiger partial charge in [-0.25, -0.2) is 13.6 Å². The summed E-state index contributed by atoms with van der Waals surface area (Å²) in [6, 6.07) is 20.4. The van der Waals surface area contributed by atoms with E-state index in [0.29, 0.717) is 30.8 Å². The van der Waals surface area contributed by atoms with Gasteiger partial charge in [0, 0.05) is 24.5 Å². The first kappa shape index (κ1) is 21.9. The van der Waals surface area contributed by atoms with Crippen molar-refractivity contribution < 1.29 is 23.0 Å². The van der Waals surface area contributed by atoms with Crippen LogP contribution in [0, 0.1) is 0 Å². The van der Waals surface area contributed by atoms with Gasteiger partial charge in [0.1, 0.15) is 12.4 Å². The van der Waals surface area contributed by atoms with Crippen molar-refractivity contribution in [3.8, 4) is 5.75 Å².